The fraction of sp³-hybridized carbons (Fsp3) is 0.820. The Kier molecular flexibility index (Phi) is 43.6. The van der Waals surface area contributed by atoms with Gasteiger partial charge in [0.2, 0.25) is 5.91 Å². The van der Waals surface area contributed by atoms with E-state index < -0.39 is 18.2 Å². The average molecular weight is 772 g/mol. The monoisotopic (exact) mass is 772 g/mol. The van der Waals surface area contributed by atoms with Gasteiger partial charge in [-0.25, -0.2) is 0 Å². The normalized spacial score (nSPS) is 13.9. The number of hydrogen-bond acceptors (Lipinski definition) is 4. The molecule has 0 radical (unpaired) electrons. The largest absolute Gasteiger partial charge is 0.394 e. The quantitative estimate of drug-likeness (QED) is 0.0367. The number of nitrogens with one attached hydrogen (secondary N) is 1. The highest BCUT2D eigenvalue weighted by atomic mass is 16.3. The summed E-state index contributed by atoms with van der Waals surface area (Å²) in [6.07, 6.45) is 58.2. The molecule has 5 nitrogen and oxygen atoms in total. The molecule has 0 rings (SSSR count). The topological polar surface area (TPSA) is 89.8 Å². The molecular weight excluding hydrogens is 679 g/mol. The summed E-state index contributed by atoms with van der Waals surface area (Å²) in [5, 5.41) is 33.4. The van der Waals surface area contributed by atoms with Crippen LogP contribution in [0.1, 0.15) is 239 Å². The Morgan fingerprint density at radius 2 is 0.800 bits per heavy atom. The second-order valence-corrected chi connectivity index (χ2v) is 16.3. The third-order valence-electron chi connectivity index (χ3n) is 10.9. The van der Waals surface area contributed by atoms with Gasteiger partial charge in [-0.15, -0.1) is 0 Å². The van der Waals surface area contributed by atoms with Crippen molar-refractivity contribution >= 4 is 5.91 Å². The van der Waals surface area contributed by atoms with Crippen LogP contribution in [0.4, 0.5) is 0 Å². The predicted octanol–water partition coefficient (Wildman–Crippen LogP) is 14.1. The second-order valence-electron chi connectivity index (χ2n) is 16.3. The number of rotatable bonds is 43. The Bertz CT molecular complexity index is 896. The molecule has 1 amide bonds. The number of carbonyl (C=O) groups is 1. The fourth-order valence-corrected chi connectivity index (χ4v) is 7.15. The van der Waals surface area contributed by atoms with Crippen LogP contribution in [0.25, 0.3) is 0 Å². The molecule has 0 bridgehead atoms. The Balaban J connectivity index is 3.58. The zero-order valence-electron chi connectivity index (χ0n) is 36.6. The Morgan fingerprint density at radius 3 is 1.25 bits per heavy atom. The first-order valence-corrected chi connectivity index (χ1v) is 23.9. The number of carbonyl (C=O) groups excluding carboxylic acids is 1. The van der Waals surface area contributed by atoms with Gasteiger partial charge in [-0.1, -0.05) is 197 Å². The molecule has 0 saturated carbocycles. The Morgan fingerprint density at radius 1 is 0.455 bits per heavy atom. The molecule has 0 aromatic heterocycles. The van der Waals surface area contributed by atoms with Crippen LogP contribution in [-0.2, 0) is 4.79 Å². The van der Waals surface area contributed by atoms with Crippen LogP contribution in [0.2, 0.25) is 0 Å². The van der Waals surface area contributed by atoms with Crippen molar-refractivity contribution in [2.75, 3.05) is 6.61 Å². The van der Waals surface area contributed by atoms with Crippen molar-refractivity contribution in [1.82, 2.24) is 5.32 Å². The molecule has 0 aliphatic heterocycles. The summed E-state index contributed by atoms with van der Waals surface area (Å²) in [6.45, 7) is 4.13. The number of aliphatic hydroxyl groups excluding tert-OH is 3. The van der Waals surface area contributed by atoms with E-state index in [1.54, 1.807) is 0 Å². The molecule has 3 unspecified atom stereocenters. The highest BCUT2D eigenvalue weighted by Crippen LogP contribution is 2.15. The van der Waals surface area contributed by atoms with Crippen LogP contribution in [0.15, 0.2) is 48.6 Å². The molecule has 4 N–H and O–H groups in total. The molecule has 0 aliphatic rings. The van der Waals surface area contributed by atoms with Gasteiger partial charge in [0.05, 0.1) is 18.8 Å². The number of unbranched alkanes of at least 4 members (excludes halogenated alkanes) is 27. The van der Waals surface area contributed by atoms with Gasteiger partial charge in [-0.05, 0) is 83.5 Å². The van der Waals surface area contributed by atoms with Crippen molar-refractivity contribution < 1.29 is 20.1 Å². The van der Waals surface area contributed by atoms with Gasteiger partial charge >= 0.3 is 0 Å². The highest BCUT2D eigenvalue weighted by Gasteiger charge is 2.26. The van der Waals surface area contributed by atoms with E-state index in [4.69, 9.17) is 0 Å². The van der Waals surface area contributed by atoms with E-state index >= 15 is 0 Å². The van der Waals surface area contributed by atoms with Crippen molar-refractivity contribution in [2.24, 2.45) is 0 Å². The molecule has 0 spiro atoms. The molecule has 55 heavy (non-hydrogen) atoms. The van der Waals surface area contributed by atoms with Crippen molar-refractivity contribution in [3.8, 4) is 0 Å². The summed E-state index contributed by atoms with van der Waals surface area (Å²) in [6, 6.07) is -0.833. The number of allylic oxidation sites excluding steroid dienone is 8. The molecule has 3 atom stereocenters. The molecule has 0 aliphatic carbocycles. The highest BCUT2D eigenvalue weighted by molar-refractivity contribution is 5.76. The van der Waals surface area contributed by atoms with Crippen LogP contribution in [0.5, 0.6) is 0 Å². The SMILES string of the molecule is CCCCC/C=C/CC/C=C/CCCC(O)C(O)C(CO)NC(=O)CCCCCCCCCCCCCCC/C=C\C/C=C\CCCCCCCCCCC. The molecule has 0 saturated heterocycles. The molecule has 0 aromatic carbocycles. The van der Waals surface area contributed by atoms with Crippen molar-refractivity contribution in [3.05, 3.63) is 48.6 Å². The zero-order valence-corrected chi connectivity index (χ0v) is 36.6. The lowest BCUT2D eigenvalue weighted by Crippen LogP contribution is -2.50. The number of amides is 1. The molecule has 5 heteroatoms. The zero-order chi connectivity index (χ0) is 40.1. The van der Waals surface area contributed by atoms with E-state index in [9.17, 15) is 20.1 Å². The van der Waals surface area contributed by atoms with E-state index in [0.29, 0.717) is 12.8 Å². The Hall–Kier alpha value is -1.69. The summed E-state index contributed by atoms with van der Waals surface area (Å²) >= 11 is 0. The van der Waals surface area contributed by atoms with Crippen LogP contribution < -0.4 is 5.32 Å². The van der Waals surface area contributed by atoms with E-state index in [-0.39, 0.29) is 12.5 Å². The van der Waals surface area contributed by atoms with Crippen LogP contribution >= 0.6 is 0 Å². The molecule has 322 valence electrons. The lowest BCUT2D eigenvalue weighted by molar-refractivity contribution is -0.124. The summed E-state index contributed by atoms with van der Waals surface area (Å²) in [4.78, 5) is 12.4. The van der Waals surface area contributed by atoms with Crippen LogP contribution in [0, 0.1) is 0 Å². The average Bonchev–Trinajstić information content (AvgIpc) is 3.19. The molecular formula is C50H93NO4. The lowest BCUT2D eigenvalue weighted by atomic mass is 10.0. The third-order valence-corrected chi connectivity index (χ3v) is 10.9. The third kappa shape index (κ3) is 40.3. The smallest absolute Gasteiger partial charge is 0.220 e. The van der Waals surface area contributed by atoms with Crippen molar-refractivity contribution in [1.29, 1.82) is 0 Å². The van der Waals surface area contributed by atoms with Gasteiger partial charge < -0.3 is 20.6 Å². The summed E-state index contributed by atoms with van der Waals surface area (Å²) in [5.41, 5.74) is 0. The van der Waals surface area contributed by atoms with Gasteiger partial charge in [-0.3, -0.25) is 4.79 Å². The molecule has 0 heterocycles. The van der Waals surface area contributed by atoms with E-state index in [0.717, 1.165) is 51.4 Å². The fourth-order valence-electron chi connectivity index (χ4n) is 7.15. The maximum Gasteiger partial charge on any atom is 0.220 e. The molecule has 0 aromatic rings. The standard InChI is InChI=1S/C50H93NO4/c1-3-5-7-9-11-13-15-17-18-19-20-21-22-23-24-25-26-27-28-29-30-31-32-33-35-37-39-41-43-45-49(54)51-47(46-52)50(55)48(53)44-42-40-38-36-34-16-14-12-10-8-6-4-2/h12,14,20-21,23-24,36,38,47-48,50,52-53,55H,3-11,13,15-19,22,25-35,37,39-46H2,1-2H3,(H,51,54)/b14-12+,21-20-,24-23-,38-36+. The van der Waals surface area contributed by atoms with E-state index in [2.05, 4.69) is 67.8 Å². The van der Waals surface area contributed by atoms with Gasteiger partial charge in [0.1, 0.15) is 6.10 Å². The van der Waals surface area contributed by atoms with Crippen LogP contribution in [0.3, 0.4) is 0 Å². The summed E-state index contributed by atoms with van der Waals surface area (Å²) < 4.78 is 0. The lowest BCUT2D eigenvalue weighted by Gasteiger charge is -2.26. The van der Waals surface area contributed by atoms with Crippen molar-refractivity contribution in [3.63, 3.8) is 0 Å². The summed E-state index contributed by atoms with van der Waals surface area (Å²) in [7, 11) is 0. The van der Waals surface area contributed by atoms with E-state index in [1.807, 2.05) is 0 Å². The summed E-state index contributed by atoms with van der Waals surface area (Å²) in [5.74, 6) is -0.161. The van der Waals surface area contributed by atoms with Gasteiger partial charge in [0.15, 0.2) is 0 Å². The van der Waals surface area contributed by atoms with Crippen LogP contribution in [-0.4, -0.2) is 46.1 Å². The first kappa shape index (κ1) is 53.3. The molecule has 0 fully saturated rings. The van der Waals surface area contributed by atoms with Gasteiger partial charge in [0.25, 0.3) is 0 Å². The maximum atomic E-state index is 12.4. The first-order chi connectivity index (χ1) is 27.1. The minimum Gasteiger partial charge on any atom is -0.394 e. The van der Waals surface area contributed by atoms with Crippen molar-refractivity contribution in [2.45, 2.75) is 257 Å². The predicted molar refractivity (Wildman–Crippen MR) is 241 cm³/mol. The van der Waals surface area contributed by atoms with Gasteiger partial charge in [-0.2, -0.15) is 0 Å². The maximum absolute atomic E-state index is 12.4. The van der Waals surface area contributed by atoms with E-state index in [1.165, 1.54) is 161 Å². The Labute approximate surface area is 342 Å². The minimum atomic E-state index is -1.17. The number of hydrogen-bond donors (Lipinski definition) is 4. The minimum absolute atomic E-state index is 0.161. The second kappa shape index (κ2) is 45.0. The number of aliphatic hydroxyl groups is 3. The first-order valence-electron chi connectivity index (χ1n) is 23.9. The van der Waals surface area contributed by atoms with Gasteiger partial charge in [0, 0.05) is 6.42 Å².